The number of aromatic carboxylic acids is 1. The van der Waals surface area contributed by atoms with Gasteiger partial charge in [0.1, 0.15) is 18.2 Å². The summed E-state index contributed by atoms with van der Waals surface area (Å²) in [7, 11) is 0. The van der Waals surface area contributed by atoms with Crippen molar-refractivity contribution >= 4 is 17.0 Å². The minimum Gasteiger partial charge on any atom is -0.486 e. The Hall–Kier alpha value is -2.82. The third-order valence-corrected chi connectivity index (χ3v) is 3.25. The van der Waals surface area contributed by atoms with Crippen molar-refractivity contribution in [1.82, 2.24) is 9.97 Å². The Labute approximate surface area is 121 Å². The molecule has 0 saturated carbocycles. The van der Waals surface area contributed by atoms with Gasteiger partial charge in [-0.15, -0.1) is 0 Å². The van der Waals surface area contributed by atoms with Crippen molar-refractivity contribution < 1.29 is 14.6 Å². The number of para-hydroxylation sites is 2. The fourth-order valence-electron chi connectivity index (χ4n) is 2.15. The van der Waals surface area contributed by atoms with Crippen LogP contribution < -0.4 is 4.74 Å². The van der Waals surface area contributed by atoms with Gasteiger partial charge in [-0.25, -0.2) is 9.78 Å². The maximum atomic E-state index is 11.1. The summed E-state index contributed by atoms with van der Waals surface area (Å²) in [5.74, 6) is 0.258. The highest BCUT2D eigenvalue weighted by Gasteiger charge is 2.09. The summed E-state index contributed by atoms with van der Waals surface area (Å²) in [6.45, 7) is 2.02. The molecule has 0 bridgehead atoms. The summed E-state index contributed by atoms with van der Waals surface area (Å²) >= 11 is 0. The van der Waals surface area contributed by atoms with E-state index in [2.05, 4.69) is 9.97 Å². The van der Waals surface area contributed by atoms with Crippen LogP contribution in [0.3, 0.4) is 0 Å². The van der Waals surface area contributed by atoms with E-state index in [0.29, 0.717) is 17.1 Å². The zero-order chi connectivity index (χ0) is 14.8. The largest absolute Gasteiger partial charge is 0.486 e. The van der Waals surface area contributed by atoms with Crippen LogP contribution in [0.15, 0.2) is 42.5 Å². The number of carboxylic acids is 1. The van der Waals surface area contributed by atoms with Crippen molar-refractivity contribution in [3.63, 3.8) is 0 Å². The summed E-state index contributed by atoms with van der Waals surface area (Å²) in [6.07, 6.45) is 0. The van der Waals surface area contributed by atoms with Crippen LogP contribution in [-0.4, -0.2) is 21.0 Å². The van der Waals surface area contributed by atoms with Crippen molar-refractivity contribution in [3.8, 4) is 5.75 Å². The summed E-state index contributed by atoms with van der Waals surface area (Å²) in [6, 6.07) is 12.7. The number of benzene rings is 2. The Morgan fingerprint density at radius 3 is 2.86 bits per heavy atom. The number of carbonyl (C=O) groups is 1. The topological polar surface area (TPSA) is 75.2 Å². The predicted octanol–water partition coefficient (Wildman–Crippen LogP) is 3.15. The predicted molar refractivity (Wildman–Crippen MR) is 78.6 cm³/mol. The molecule has 0 aliphatic rings. The van der Waals surface area contributed by atoms with Crippen molar-refractivity contribution in [2.45, 2.75) is 13.5 Å². The molecule has 5 heteroatoms. The number of nitrogens with zero attached hydrogens (tertiary/aromatic N) is 1. The molecule has 21 heavy (non-hydrogen) atoms. The smallest absolute Gasteiger partial charge is 0.336 e. The highest BCUT2D eigenvalue weighted by atomic mass is 16.5. The first kappa shape index (κ1) is 13.2. The number of hydrogen-bond donors (Lipinski definition) is 2. The first-order valence-corrected chi connectivity index (χ1v) is 6.54. The second kappa shape index (κ2) is 5.28. The number of aromatic nitrogens is 2. The number of ether oxygens (including phenoxy) is 1. The van der Waals surface area contributed by atoms with E-state index in [0.717, 1.165) is 11.0 Å². The van der Waals surface area contributed by atoms with Gasteiger partial charge < -0.3 is 14.8 Å². The van der Waals surface area contributed by atoms with Crippen molar-refractivity contribution in [3.05, 3.63) is 59.4 Å². The molecule has 0 aliphatic carbocycles. The van der Waals surface area contributed by atoms with Gasteiger partial charge in [-0.1, -0.05) is 18.2 Å². The summed E-state index contributed by atoms with van der Waals surface area (Å²) in [5, 5.41) is 9.10. The molecule has 5 nitrogen and oxygen atoms in total. The zero-order valence-corrected chi connectivity index (χ0v) is 11.5. The number of imidazole rings is 1. The molecule has 0 radical (unpaired) electrons. The molecular formula is C16H14N2O3. The Morgan fingerprint density at radius 1 is 1.29 bits per heavy atom. The highest BCUT2D eigenvalue weighted by Crippen LogP contribution is 2.19. The number of hydrogen-bond acceptors (Lipinski definition) is 3. The molecule has 0 unspecified atom stereocenters. The van der Waals surface area contributed by atoms with E-state index in [9.17, 15) is 4.79 Å². The van der Waals surface area contributed by atoms with E-state index >= 15 is 0 Å². The van der Waals surface area contributed by atoms with Gasteiger partial charge in [-0.3, -0.25) is 0 Å². The maximum absolute atomic E-state index is 11.1. The first-order valence-electron chi connectivity index (χ1n) is 6.54. The SMILES string of the molecule is Cc1ccc(OCc2nc3ccccc3[nH]2)cc1C(=O)O. The van der Waals surface area contributed by atoms with E-state index in [4.69, 9.17) is 9.84 Å². The van der Waals surface area contributed by atoms with Crippen molar-refractivity contribution in [2.75, 3.05) is 0 Å². The lowest BCUT2D eigenvalue weighted by Crippen LogP contribution is -2.02. The Morgan fingerprint density at radius 2 is 2.10 bits per heavy atom. The molecule has 2 N–H and O–H groups in total. The lowest BCUT2D eigenvalue weighted by molar-refractivity contribution is 0.0695. The van der Waals surface area contributed by atoms with E-state index in [1.807, 2.05) is 24.3 Å². The molecule has 1 aromatic heterocycles. The van der Waals surface area contributed by atoms with Gasteiger partial charge in [-0.05, 0) is 36.8 Å². The van der Waals surface area contributed by atoms with E-state index in [1.165, 1.54) is 6.07 Å². The number of fused-ring (bicyclic) bond motifs is 1. The van der Waals surface area contributed by atoms with E-state index < -0.39 is 5.97 Å². The minimum absolute atomic E-state index is 0.247. The van der Waals surface area contributed by atoms with Crippen LogP contribution in [-0.2, 0) is 6.61 Å². The Kier molecular flexibility index (Phi) is 3.31. The highest BCUT2D eigenvalue weighted by molar-refractivity contribution is 5.89. The number of aromatic amines is 1. The molecule has 0 saturated heterocycles. The Bertz CT molecular complexity index is 775. The molecule has 0 fully saturated rings. The van der Waals surface area contributed by atoms with Crippen LogP contribution in [0.1, 0.15) is 21.7 Å². The number of nitrogens with one attached hydrogen (secondary N) is 1. The van der Waals surface area contributed by atoms with Crippen molar-refractivity contribution in [2.24, 2.45) is 0 Å². The minimum atomic E-state index is -0.957. The number of rotatable bonds is 4. The number of carboxylic acid groups (broad SMARTS) is 1. The van der Waals surface area contributed by atoms with Gasteiger partial charge in [0.2, 0.25) is 0 Å². The lowest BCUT2D eigenvalue weighted by atomic mass is 10.1. The van der Waals surface area contributed by atoms with Crippen LogP contribution in [0, 0.1) is 6.92 Å². The molecule has 1 heterocycles. The summed E-state index contributed by atoms with van der Waals surface area (Å²) in [5.41, 5.74) is 2.79. The van der Waals surface area contributed by atoms with Gasteiger partial charge in [0.25, 0.3) is 0 Å². The molecule has 106 valence electrons. The standard InChI is InChI=1S/C16H14N2O3/c1-10-6-7-11(8-12(10)16(19)20)21-9-15-17-13-4-2-3-5-14(13)18-15/h2-8H,9H2,1H3,(H,17,18)(H,19,20). The fraction of sp³-hybridized carbons (Fsp3) is 0.125. The average Bonchev–Trinajstić information content (AvgIpc) is 2.89. The van der Waals surface area contributed by atoms with Gasteiger partial charge in [0, 0.05) is 0 Å². The van der Waals surface area contributed by atoms with Gasteiger partial charge in [0.05, 0.1) is 16.6 Å². The molecule has 3 rings (SSSR count). The third kappa shape index (κ3) is 2.72. The fourth-order valence-corrected chi connectivity index (χ4v) is 2.15. The number of H-pyrrole nitrogens is 1. The molecular weight excluding hydrogens is 268 g/mol. The van der Waals surface area contributed by atoms with Gasteiger partial charge in [0.15, 0.2) is 0 Å². The molecule has 0 spiro atoms. The van der Waals surface area contributed by atoms with Crippen molar-refractivity contribution in [1.29, 1.82) is 0 Å². The average molecular weight is 282 g/mol. The third-order valence-electron chi connectivity index (χ3n) is 3.25. The van der Waals surface area contributed by atoms with Crippen LogP contribution in [0.4, 0.5) is 0 Å². The van der Waals surface area contributed by atoms with Gasteiger partial charge >= 0.3 is 5.97 Å². The first-order chi connectivity index (χ1) is 10.1. The Balaban J connectivity index is 1.78. The van der Waals surface area contributed by atoms with Crippen LogP contribution in [0.5, 0.6) is 5.75 Å². The molecule has 3 aromatic rings. The lowest BCUT2D eigenvalue weighted by Gasteiger charge is -2.07. The monoisotopic (exact) mass is 282 g/mol. The van der Waals surface area contributed by atoms with Crippen LogP contribution in [0.25, 0.3) is 11.0 Å². The second-order valence-electron chi connectivity index (χ2n) is 4.77. The zero-order valence-electron chi connectivity index (χ0n) is 11.5. The quantitative estimate of drug-likeness (QED) is 0.770. The van der Waals surface area contributed by atoms with E-state index in [1.54, 1.807) is 19.1 Å². The van der Waals surface area contributed by atoms with Crippen LogP contribution in [0.2, 0.25) is 0 Å². The molecule has 2 aromatic carbocycles. The maximum Gasteiger partial charge on any atom is 0.336 e. The molecule has 0 atom stereocenters. The molecule has 0 aliphatic heterocycles. The summed E-state index contributed by atoms with van der Waals surface area (Å²) < 4.78 is 5.61. The van der Waals surface area contributed by atoms with Crippen LogP contribution >= 0.6 is 0 Å². The van der Waals surface area contributed by atoms with E-state index in [-0.39, 0.29) is 12.2 Å². The normalized spacial score (nSPS) is 10.7. The van der Waals surface area contributed by atoms with Gasteiger partial charge in [-0.2, -0.15) is 0 Å². The second-order valence-corrected chi connectivity index (χ2v) is 4.77. The summed E-state index contributed by atoms with van der Waals surface area (Å²) in [4.78, 5) is 18.7. The number of aryl methyl sites for hydroxylation is 1. The molecule has 0 amide bonds.